The van der Waals surface area contributed by atoms with E-state index in [-0.39, 0.29) is 5.75 Å². The number of nitrogens with one attached hydrogen (secondary N) is 1. The fourth-order valence-corrected chi connectivity index (χ4v) is 2.88. The number of anilines is 1. The van der Waals surface area contributed by atoms with Gasteiger partial charge in [-0.25, -0.2) is 13.6 Å². The van der Waals surface area contributed by atoms with Crippen LogP contribution in [0.4, 0.5) is 5.69 Å². The van der Waals surface area contributed by atoms with Crippen LogP contribution in [0.25, 0.3) is 0 Å². The van der Waals surface area contributed by atoms with Gasteiger partial charge in [-0.05, 0) is 37.7 Å². The Labute approximate surface area is 108 Å². The normalized spacial score (nSPS) is 21.1. The molecule has 1 heterocycles. The van der Waals surface area contributed by atoms with E-state index in [2.05, 4.69) is 17.3 Å². The first-order chi connectivity index (χ1) is 8.42. The molecule has 5 nitrogen and oxygen atoms in total. The highest BCUT2D eigenvalue weighted by molar-refractivity contribution is 7.88. The fraction of sp³-hybridized carbons (Fsp3) is 0.500. The van der Waals surface area contributed by atoms with E-state index in [0.29, 0.717) is 11.6 Å². The van der Waals surface area contributed by atoms with Gasteiger partial charge < -0.3 is 10.2 Å². The van der Waals surface area contributed by atoms with Crippen LogP contribution in [-0.4, -0.2) is 39.5 Å². The molecule has 1 fully saturated rings. The van der Waals surface area contributed by atoms with Gasteiger partial charge >= 0.3 is 0 Å². The van der Waals surface area contributed by atoms with Crippen LogP contribution in [-0.2, 0) is 15.8 Å². The maximum atomic E-state index is 11.0. The summed E-state index contributed by atoms with van der Waals surface area (Å²) in [5.41, 5.74) is 1.74. The number of sulfonamides is 1. The van der Waals surface area contributed by atoms with Gasteiger partial charge in [0.1, 0.15) is 0 Å². The van der Waals surface area contributed by atoms with Crippen molar-refractivity contribution in [3.8, 4) is 0 Å². The van der Waals surface area contributed by atoms with E-state index >= 15 is 0 Å². The van der Waals surface area contributed by atoms with Crippen LogP contribution in [0, 0.1) is 0 Å². The third-order valence-corrected chi connectivity index (χ3v) is 3.82. The van der Waals surface area contributed by atoms with Crippen molar-refractivity contribution >= 4 is 15.7 Å². The second kappa shape index (κ2) is 5.26. The number of benzene rings is 1. The molecule has 1 unspecified atom stereocenters. The lowest BCUT2D eigenvalue weighted by molar-refractivity contribution is 0.414. The minimum Gasteiger partial charge on any atom is -0.381 e. The molecule has 0 amide bonds. The highest BCUT2D eigenvalue weighted by Crippen LogP contribution is 2.16. The van der Waals surface area contributed by atoms with Crippen molar-refractivity contribution in [2.75, 3.05) is 25.5 Å². The molecule has 2 rings (SSSR count). The van der Waals surface area contributed by atoms with Gasteiger partial charge in [0.15, 0.2) is 0 Å². The molecule has 100 valence electrons. The van der Waals surface area contributed by atoms with E-state index in [0.717, 1.165) is 25.2 Å². The molecule has 3 N–H and O–H groups in total. The van der Waals surface area contributed by atoms with Gasteiger partial charge in [-0.1, -0.05) is 12.1 Å². The Morgan fingerprint density at radius 1 is 1.39 bits per heavy atom. The number of likely N-dealkylation sites (N-methyl/N-ethyl adjacent to an activating group) is 1. The zero-order valence-corrected chi connectivity index (χ0v) is 11.3. The van der Waals surface area contributed by atoms with Gasteiger partial charge in [0, 0.05) is 18.3 Å². The van der Waals surface area contributed by atoms with Crippen molar-refractivity contribution in [3.63, 3.8) is 0 Å². The fourth-order valence-electron chi connectivity index (χ4n) is 2.22. The molecule has 0 saturated carbocycles. The molecule has 0 radical (unpaired) electrons. The molecular formula is C12H19N3O2S. The van der Waals surface area contributed by atoms with Crippen LogP contribution < -0.4 is 10.5 Å². The van der Waals surface area contributed by atoms with Gasteiger partial charge in [0.25, 0.3) is 0 Å². The third kappa shape index (κ3) is 3.97. The van der Waals surface area contributed by atoms with Crippen LogP contribution in [0.5, 0.6) is 0 Å². The number of nitrogens with zero attached hydrogens (tertiary/aromatic N) is 1. The second-order valence-electron chi connectivity index (χ2n) is 4.90. The van der Waals surface area contributed by atoms with Crippen molar-refractivity contribution in [3.05, 3.63) is 29.8 Å². The van der Waals surface area contributed by atoms with Crippen molar-refractivity contribution in [2.24, 2.45) is 5.14 Å². The van der Waals surface area contributed by atoms with E-state index in [4.69, 9.17) is 5.14 Å². The zero-order valence-electron chi connectivity index (χ0n) is 10.5. The minimum absolute atomic E-state index is 0.112. The Kier molecular flexibility index (Phi) is 3.89. The third-order valence-electron chi connectivity index (χ3n) is 3.08. The summed E-state index contributed by atoms with van der Waals surface area (Å²) < 4.78 is 21.9. The molecule has 6 heteroatoms. The van der Waals surface area contributed by atoms with Gasteiger partial charge in [0.05, 0.1) is 5.75 Å². The quantitative estimate of drug-likeness (QED) is 0.839. The summed E-state index contributed by atoms with van der Waals surface area (Å²) in [6, 6.07) is 7.87. The molecule has 0 aliphatic carbocycles. The molecule has 0 bridgehead atoms. The second-order valence-corrected chi connectivity index (χ2v) is 6.51. The van der Waals surface area contributed by atoms with Crippen molar-refractivity contribution < 1.29 is 8.42 Å². The Morgan fingerprint density at radius 3 is 2.56 bits per heavy atom. The van der Waals surface area contributed by atoms with Gasteiger partial charge in [-0.2, -0.15) is 0 Å². The lowest BCUT2D eigenvalue weighted by Crippen LogP contribution is -2.23. The molecule has 0 aromatic heterocycles. The van der Waals surface area contributed by atoms with Crippen LogP contribution in [0.3, 0.4) is 0 Å². The molecular weight excluding hydrogens is 250 g/mol. The van der Waals surface area contributed by atoms with E-state index < -0.39 is 10.0 Å². The van der Waals surface area contributed by atoms with Crippen LogP contribution in [0.1, 0.15) is 12.0 Å². The van der Waals surface area contributed by atoms with Crippen molar-refractivity contribution in [1.29, 1.82) is 0 Å². The van der Waals surface area contributed by atoms with Crippen LogP contribution in [0.2, 0.25) is 0 Å². The van der Waals surface area contributed by atoms with Crippen molar-refractivity contribution in [2.45, 2.75) is 18.2 Å². The number of nitrogens with two attached hydrogens (primary N) is 1. The summed E-state index contributed by atoms with van der Waals surface area (Å²) in [6.07, 6.45) is 1.13. The number of rotatable bonds is 4. The molecule has 1 aliphatic heterocycles. The maximum absolute atomic E-state index is 11.0. The number of hydrogen-bond acceptors (Lipinski definition) is 4. The first kappa shape index (κ1) is 13.3. The SMILES string of the molecule is CN1CCC(Nc2ccc(CS(N)(=O)=O)cc2)C1. The standard InChI is InChI=1S/C12H19N3O2S/c1-15-7-6-12(8-15)14-11-4-2-10(3-5-11)9-18(13,16)17/h2-5,12,14H,6-9H2,1H3,(H2,13,16,17). The predicted octanol–water partition coefficient (Wildman–Crippen LogP) is 0.591. The summed E-state index contributed by atoms with van der Waals surface area (Å²) in [4.78, 5) is 2.28. The van der Waals surface area contributed by atoms with Crippen molar-refractivity contribution in [1.82, 2.24) is 4.90 Å². The van der Waals surface area contributed by atoms with E-state index in [1.807, 2.05) is 12.1 Å². The average Bonchev–Trinajstić information content (AvgIpc) is 2.65. The summed E-state index contributed by atoms with van der Waals surface area (Å²) in [5, 5.41) is 8.44. The average molecular weight is 269 g/mol. The number of likely N-dealkylation sites (tertiary alicyclic amines) is 1. The minimum atomic E-state index is -3.45. The summed E-state index contributed by atoms with van der Waals surface area (Å²) >= 11 is 0. The molecule has 1 saturated heterocycles. The summed E-state index contributed by atoms with van der Waals surface area (Å²) in [5.74, 6) is -0.112. The molecule has 1 atom stereocenters. The first-order valence-electron chi connectivity index (χ1n) is 5.97. The molecule has 18 heavy (non-hydrogen) atoms. The Hall–Kier alpha value is -1.11. The molecule has 1 aliphatic rings. The molecule has 1 aromatic carbocycles. The zero-order chi connectivity index (χ0) is 13.2. The van der Waals surface area contributed by atoms with Gasteiger partial charge in [-0.3, -0.25) is 0 Å². The van der Waals surface area contributed by atoms with Crippen LogP contribution >= 0.6 is 0 Å². The predicted molar refractivity (Wildman–Crippen MR) is 72.8 cm³/mol. The lowest BCUT2D eigenvalue weighted by atomic mass is 10.2. The van der Waals surface area contributed by atoms with E-state index in [9.17, 15) is 8.42 Å². The maximum Gasteiger partial charge on any atom is 0.213 e. The largest absolute Gasteiger partial charge is 0.381 e. The van der Waals surface area contributed by atoms with Gasteiger partial charge in [0.2, 0.25) is 10.0 Å². The lowest BCUT2D eigenvalue weighted by Gasteiger charge is -2.14. The Bertz CT molecular complexity index is 499. The molecule has 0 spiro atoms. The summed E-state index contributed by atoms with van der Waals surface area (Å²) in [7, 11) is -1.34. The highest BCUT2D eigenvalue weighted by Gasteiger charge is 2.18. The van der Waals surface area contributed by atoms with E-state index in [1.54, 1.807) is 12.1 Å². The smallest absolute Gasteiger partial charge is 0.213 e. The Morgan fingerprint density at radius 2 is 2.06 bits per heavy atom. The number of primary sulfonamides is 1. The van der Waals surface area contributed by atoms with E-state index in [1.165, 1.54) is 0 Å². The highest BCUT2D eigenvalue weighted by atomic mass is 32.2. The Balaban J connectivity index is 1.95. The van der Waals surface area contributed by atoms with Gasteiger partial charge in [-0.15, -0.1) is 0 Å². The number of hydrogen-bond donors (Lipinski definition) is 2. The molecule has 1 aromatic rings. The monoisotopic (exact) mass is 269 g/mol. The summed E-state index contributed by atoms with van der Waals surface area (Å²) in [6.45, 7) is 2.15. The van der Waals surface area contributed by atoms with Crippen LogP contribution in [0.15, 0.2) is 24.3 Å². The first-order valence-corrected chi connectivity index (χ1v) is 7.68. The topological polar surface area (TPSA) is 75.4 Å².